The van der Waals surface area contributed by atoms with Crippen LogP contribution in [0.5, 0.6) is 0 Å². The first-order valence-electron chi connectivity index (χ1n) is 6.95. The molecular weight excluding hydrogens is 341 g/mol. The standard InChI is InChI=1S/C16H17F3N2O2S/c1-10-8-12(24(22,23)21(2)3)5-6-13(10)14-9-11(16(17,18)19)4-7-15(14)20/h4-9H,20H2,1-3H3. The molecule has 0 atom stereocenters. The van der Waals surface area contributed by atoms with Gasteiger partial charge in [-0.2, -0.15) is 13.2 Å². The lowest BCUT2D eigenvalue weighted by atomic mass is 9.97. The summed E-state index contributed by atoms with van der Waals surface area (Å²) < 4.78 is 64.0. The highest BCUT2D eigenvalue weighted by atomic mass is 32.2. The second-order valence-corrected chi connectivity index (χ2v) is 7.72. The van der Waals surface area contributed by atoms with E-state index in [-0.39, 0.29) is 16.1 Å². The van der Waals surface area contributed by atoms with Crippen LogP contribution in [-0.2, 0) is 16.2 Å². The molecule has 2 aromatic carbocycles. The lowest BCUT2D eigenvalue weighted by molar-refractivity contribution is -0.137. The molecule has 24 heavy (non-hydrogen) atoms. The fraction of sp³-hybridized carbons (Fsp3) is 0.250. The zero-order chi connectivity index (χ0) is 18.3. The van der Waals surface area contributed by atoms with E-state index in [1.54, 1.807) is 6.92 Å². The SMILES string of the molecule is Cc1cc(S(=O)(=O)N(C)C)ccc1-c1cc(C(F)(F)F)ccc1N. The highest BCUT2D eigenvalue weighted by Crippen LogP contribution is 2.36. The van der Waals surface area contributed by atoms with E-state index in [1.165, 1.54) is 38.4 Å². The average Bonchev–Trinajstić information content (AvgIpc) is 2.46. The summed E-state index contributed by atoms with van der Waals surface area (Å²) in [5.74, 6) is 0. The average molecular weight is 358 g/mol. The number of benzene rings is 2. The van der Waals surface area contributed by atoms with Gasteiger partial charge >= 0.3 is 6.18 Å². The zero-order valence-electron chi connectivity index (χ0n) is 13.3. The minimum absolute atomic E-state index is 0.0688. The number of halogens is 3. The smallest absolute Gasteiger partial charge is 0.398 e. The molecule has 2 N–H and O–H groups in total. The topological polar surface area (TPSA) is 63.4 Å². The van der Waals surface area contributed by atoms with Crippen LogP contribution in [-0.4, -0.2) is 26.8 Å². The van der Waals surface area contributed by atoms with Crippen molar-refractivity contribution in [2.75, 3.05) is 19.8 Å². The van der Waals surface area contributed by atoms with E-state index in [1.807, 2.05) is 0 Å². The van der Waals surface area contributed by atoms with Gasteiger partial charge in [-0.05, 0) is 48.4 Å². The van der Waals surface area contributed by atoms with Gasteiger partial charge in [0.2, 0.25) is 10.0 Å². The molecule has 0 aliphatic carbocycles. The third-order valence-corrected chi connectivity index (χ3v) is 5.46. The van der Waals surface area contributed by atoms with Crippen molar-refractivity contribution in [2.45, 2.75) is 18.0 Å². The Bertz CT molecular complexity index is 875. The number of aryl methyl sites for hydroxylation is 1. The van der Waals surface area contributed by atoms with Gasteiger partial charge in [0.05, 0.1) is 10.5 Å². The van der Waals surface area contributed by atoms with Gasteiger partial charge in [0.1, 0.15) is 0 Å². The van der Waals surface area contributed by atoms with Gasteiger partial charge < -0.3 is 5.73 Å². The van der Waals surface area contributed by atoms with Gasteiger partial charge in [-0.15, -0.1) is 0 Å². The van der Waals surface area contributed by atoms with E-state index in [0.717, 1.165) is 16.4 Å². The monoisotopic (exact) mass is 358 g/mol. The summed E-state index contributed by atoms with van der Waals surface area (Å²) in [4.78, 5) is 0.0688. The number of sulfonamides is 1. The largest absolute Gasteiger partial charge is 0.416 e. The molecule has 0 spiro atoms. The van der Waals surface area contributed by atoms with Crippen LogP contribution in [0.1, 0.15) is 11.1 Å². The molecular formula is C16H17F3N2O2S. The van der Waals surface area contributed by atoms with Crippen LogP contribution in [0.25, 0.3) is 11.1 Å². The third kappa shape index (κ3) is 3.39. The summed E-state index contributed by atoms with van der Waals surface area (Å²) in [6.07, 6.45) is -4.48. The Balaban J connectivity index is 2.59. The summed E-state index contributed by atoms with van der Waals surface area (Å²) in [7, 11) is -0.806. The third-order valence-electron chi connectivity index (χ3n) is 3.65. The summed E-state index contributed by atoms with van der Waals surface area (Å²) in [5.41, 5.74) is 6.38. The molecule has 0 saturated carbocycles. The van der Waals surface area contributed by atoms with Crippen molar-refractivity contribution in [3.05, 3.63) is 47.5 Å². The van der Waals surface area contributed by atoms with Gasteiger partial charge in [-0.1, -0.05) is 6.07 Å². The molecule has 0 aliphatic heterocycles. The Morgan fingerprint density at radius 1 is 1.00 bits per heavy atom. The summed E-state index contributed by atoms with van der Waals surface area (Å²) in [6, 6.07) is 7.33. The van der Waals surface area contributed by atoms with Crippen molar-refractivity contribution >= 4 is 15.7 Å². The number of anilines is 1. The van der Waals surface area contributed by atoms with Crippen molar-refractivity contribution in [1.82, 2.24) is 4.31 Å². The maximum atomic E-state index is 12.9. The molecule has 0 fully saturated rings. The van der Waals surface area contributed by atoms with Gasteiger partial charge in [0, 0.05) is 25.3 Å². The fourth-order valence-electron chi connectivity index (χ4n) is 2.28. The molecule has 0 aromatic heterocycles. The second kappa shape index (κ2) is 6.10. The van der Waals surface area contributed by atoms with Crippen LogP contribution >= 0.6 is 0 Å². The fourth-order valence-corrected chi connectivity index (χ4v) is 3.26. The molecule has 0 amide bonds. The van der Waals surface area contributed by atoms with Crippen LogP contribution in [0.2, 0.25) is 0 Å². The molecule has 0 saturated heterocycles. The molecule has 130 valence electrons. The van der Waals surface area contributed by atoms with Gasteiger partial charge in [0.25, 0.3) is 0 Å². The van der Waals surface area contributed by atoms with Crippen molar-refractivity contribution < 1.29 is 21.6 Å². The number of hydrogen-bond donors (Lipinski definition) is 1. The van der Waals surface area contributed by atoms with E-state index >= 15 is 0 Å². The predicted octanol–water partition coefficient (Wildman–Crippen LogP) is 3.51. The van der Waals surface area contributed by atoms with E-state index < -0.39 is 21.8 Å². The Kier molecular flexibility index (Phi) is 4.65. The summed E-state index contributed by atoms with van der Waals surface area (Å²) in [6.45, 7) is 1.63. The number of nitrogens with two attached hydrogens (primary N) is 1. The number of nitrogen functional groups attached to an aromatic ring is 1. The summed E-state index contributed by atoms with van der Waals surface area (Å²) >= 11 is 0. The van der Waals surface area contributed by atoms with E-state index in [2.05, 4.69) is 0 Å². The van der Waals surface area contributed by atoms with Crippen LogP contribution in [0.4, 0.5) is 18.9 Å². The van der Waals surface area contributed by atoms with Crippen molar-refractivity contribution in [3.63, 3.8) is 0 Å². The first-order valence-corrected chi connectivity index (χ1v) is 8.39. The predicted molar refractivity (Wildman–Crippen MR) is 86.9 cm³/mol. The highest BCUT2D eigenvalue weighted by Gasteiger charge is 2.31. The van der Waals surface area contributed by atoms with Crippen molar-refractivity contribution in [2.24, 2.45) is 0 Å². The van der Waals surface area contributed by atoms with Gasteiger partial charge in [-0.3, -0.25) is 0 Å². The number of hydrogen-bond acceptors (Lipinski definition) is 3. The maximum absolute atomic E-state index is 12.9. The van der Waals surface area contributed by atoms with E-state index in [0.29, 0.717) is 11.1 Å². The molecule has 2 rings (SSSR count). The lowest BCUT2D eigenvalue weighted by Gasteiger charge is -2.16. The molecule has 0 unspecified atom stereocenters. The van der Waals surface area contributed by atoms with Crippen LogP contribution in [0.3, 0.4) is 0 Å². The van der Waals surface area contributed by atoms with Crippen LogP contribution in [0, 0.1) is 6.92 Å². The number of alkyl halides is 3. The molecule has 0 radical (unpaired) electrons. The minimum atomic E-state index is -4.48. The zero-order valence-corrected chi connectivity index (χ0v) is 14.2. The molecule has 0 heterocycles. The van der Waals surface area contributed by atoms with Crippen LogP contribution in [0.15, 0.2) is 41.3 Å². The molecule has 4 nitrogen and oxygen atoms in total. The second-order valence-electron chi connectivity index (χ2n) is 5.56. The van der Waals surface area contributed by atoms with Crippen molar-refractivity contribution in [3.8, 4) is 11.1 Å². The molecule has 0 bridgehead atoms. The maximum Gasteiger partial charge on any atom is 0.416 e. The molecule has 2 aromatic rings. The lowest BCUT2D eigenvalue weighted by Crippen LogP contribution is -2.22. The Morgan fingerprint density at radius 2 is 1.62 bits per heavy atom. The minimum Gasteiger partial charge on any atom is -0.398 e. The first kappa shape index (κ1) is 18.3. The van der Waals surface area contributed by atoms with Crippen molar-refractivity contribution in [1.29, 1.82) is 0 Å². The molecule has 0 aliphatic rings. The molecule has 8 heteroatoms. The summed E-state index contributed by atoms with van der Waals surface area (Å²) in [5, 5.41) is 0. The Hall–Kier alpha value is -2.06. The normalized spacial score (nSPS) is 12.6. The number of rotatable bonds is 3. The van der Waals surface area contributed by atoms with Crippen LogP contribution < -0.4 is 5.73 Å². The Morgan fingerprint density at radius 3 is 2.12 bits per heavy atom. The number of nitrogens with zero attached hydrogens (tertiary/aromatic N) is 1. The van der Waals surface area contributed by atoms with E-state index in [4.69, 9.17) is 5.73 Å². The van der Waals surface area contributed by atoms with Gasteiger partial charge in [0.15, 0.2) is 0 Å². The first-order chi connectivity index (χ1) is 10.9. The highest BCUT2D eigenvalue weighted by molar-refractivity contribution is 7.89. The quantitative estimate of drug-likeness (QED) is 0.854. The van der Waals surface area contributed by atoms with Gasteiger partial charge in [-0.25, -0.2) is 12.7 Å². The van der Waals surface area contributed by atoms with E-state index in [9.17, 15) is 21.6 Å². The Labute approximate surface area is 138 Å².